The SMILES string of the molecule is CC[C@H](C(=O)N[C@@H](C)CC)N(Cc1ccccc1Cl)C(=O)CN(c1ccccc1)S(=O)(=O)c1ccc(C)cc1. The molecule has 39 heavy (non-hydrogen) atoms. The Labute approximate surface area is 236 Å². The maximum Gasteiger partial charge on any atom is 0.264 e. The third-order valence-electron chi connectivity index (χ3n) is 6.62. The summed E-state index contributed by atoms with van der Waals surface area (Å²) in [5.74, 6) is -0.805. The van der Waals surface area contributed by atoms with Crippen molar-refractivity contribution in [1.29, 1.82) is 0 Å². The van der Waals surface area contributed by atoms with Crippen molar-refractivity contribution in [3.63, 3.8) is 0 Å². The lowest BCUT2D eigenvalue weighted by molar-refractivity contribution is -0.140. The molecule has 9 heteroatoms. The molecule has 0 aliphatic heterocycles. The summed E-state index contributed by atoms with van der Waals surface area (Å²) in [6, 6.07) is 21.2. The minimum atomic E-state index is -4.10. The molecule has 3 rings (SSSR count). The Bertz CT molecular complexity index is 1360. The molecule has 0 aromatic heterocycles. The van der Waals surface area contributed by atoms with Gasteiger partial charge >= 0.3 is 0 Å². The standard InChI is InChI=1S/C30H36ClN3O4S/c1-5-23(4)32-30(36)28(6-2)33(20-24-12-10-11-15-27(24)31)29(35)21-34(25-13-8-7-9-14-25)39(37,38)26-18-16-22(3)17-19-26/h7-19,23,28H,5-6,20-21H2,1-4H3,(H,32,36)/t23-,28+/m0/s1. The second-order valence-corrected chi connectivity index (χ2v) is 11.8. The molecule has 0 saturated carbocycles. The van der Waals surface area contributed by atoms with E-state index in [0.29, 0.717) is 22.7 Å². The van der Waals surface area contributed by atoms with E-state index in [1.807, 2.05) is 33.8 Å². The van der Waals surface area contributed by atoms with Crippen LogP contribution in [-0.2, 0) is 26.2 Å². The number of hydrogen-bond donors (Lipinski definition) is 1. The predicted molar refractivity (Wildman–Crippen MR) is 156 cm³/mol. The number of halogens is 1. The lowest BCUT2D eigenvalue weighted by Crippen LogP contribution is -2.53. The van der Waals surface area contributed by atoms with Crippen LogP contribution in [0.5, 0.6) is 0 Å². The first-order chi connectivity index (χ1) is 18.6. The molecule has 0 aliphatic carbocycles. The average Bonchev–Trinajstić information content (AvgIpc) is 2.93. The molecular formula is C30H36ClN3O4S. The number of carbonyl (C=O) groups excluding carboxylic acids is 2. The van der Waals surface area contributed by atoms with Gasteiger partial charge in [0.2, 0.25) is 11.8 Å². The van der Waals surface area contributed by atoms with E-state index in [1.54, 1.807) is 60.7 Å². The quantitative estimate of drug-likeness (QED) is 0.309. The molecule has 3 aromatic carbocycles. The molecular weight excluding hydrogens is 534 g/mol. The number of para-hydroxylation sites is 1. The van der Waals surface area contributed by atoms with Gasteiger partial charge in [-0.25, -0.2) is 8.42 Å². The molecule has 0 bridgehead atoms. The Kier molecular flexibility index (Phi) is 10.5. The van der Waals surface area contributed by atoms with Crippen LogP contribution in [0.15, 0.2) is 83.8 Å². The average molecular weight is 570 g/mol. The van der Waals surface area contributed by atoms with Crippen LogP contribution in [0.25, 0.3) is 0 Å². The Balaban J connectivity index is 2.04. The number of hydrogen-bond acceptors (Lipinski definition) is 4. The van der Waals surface area contributed by atoms with Crippen LogP contribution < -0.4 is 9.62 Å². The lowest BCUT2D eigenvalue weighted by Gasteiger charge is -2.34. The van der Waals surface area contributed by atoms with E-state index >= 15 is 0 Å². The van der Waals surface area contributed by atoms with Crippen molar-refractivity contribution >= 4 is 39.1 Å². The van der Waals surface area contributed by atoms with Gasteiger partial charge in [-0.2, -0.15) is 0 Å². The fourth-order valence-electron chi connectivity index (χ4n) is 4.13. The highest BCUT2D eigenvalue weighted by Gasteiger charge is 2.34. The van der Waals surface area contributed by atoms with E-state index in [4.69, 9.17) is 11.6 Å². The fourth-order valence-corrected chi connectivity index (χ4v) is 5.74. The van der Waals surface area contributed by atoms with Crippen molar-refractivity contribution < 1.29 is 18.0 Å². The lowest BCUT2D eigenvalue weighted by atomic mass is 10.1. The van der Waals surface area contributed by atoms with Crippen molar-refractivity contribution in [1.82, 2.24) is 10.2 Å². The number of benzene rings is 3. The number of rotatable bonds is 12. The van der Waals surface area contributed by atoms with E-state index < -0.39 is 28.5 Å². The van der Waals surface area contributed by atoms with Gasteiger partial charge in [0.1, 0.15) is 12.6 Å². The summed E-state index contributed by atoms with van der Waals surface area (Å²) in [5, 5.41) is 3.42. The third kappa shape index (κ3) is 7.61. The van der Waals surface area contributed by atoms with Gasteiger partial charge in [0.15, 0.2) is 0 Å². The highest BCUT2D eigenvalue weighted by Crippen LogP contribution is 2.26. The van der Waals surface area contributed by atoms with Gasteiger partial charge in [-0.05, 0) is 62.6 Å². The van der Waals surface area contributed by atoms with Crippen molar-refractivity contribution in [2.24, 2.45) is 0 Å². The second-order valence-electron chi connectivity index (χ2n) is 9.52. The molecule has 0 heterocycles. The first-order valence-electron chi connectivity index (χ1n) is 13.1. The van der Waals surface area contributed by atoms with Crippen molar-refractivity contribution in [2.75, 3.05) is 10.8 Å². The number of anilines is 1. The molecule has 0 fully saturated rings. The van der Waals surface area contributed by atoms with Crippen LogP contribution in [-0.4, -0.2) is 43.8 Å². The van der Waals surface area contributed by atoms with Crippen LogP contribution in [0.3, 0.4) is 0 Å². The summed E-state index contributed by atoms with van der Waals surface area (Å²) >= 11 is 6.43. The van der Waals surface area contributed by atoms with Gasteiger partial charge in [-0.15, -0.1) is 0 Å². The van der Waals surface area contributed by atoms with Crippen LogP contribution >= 0.6 is 11.6 Å². The van der Waals surface area contributed by atoms with Gasteiger partial charge in [0.05, 0.1) is 10.6 Å². The maximum atomic E-state index is 14.0. The molecule has 7 nitrogen and oxygen atoms in total. The van der Waals surface area contributed by atoms with Crippen molar-refractivity contribution in [3.8, 4) is 0 Å². The van der Waals surface area contributed by atoms with Crippen molar-refractivity contribution in [3.05, 3.63) is 95.0 Å². The normalized spacial score (nSPS) is 12.8. The topological polar surface area (TPSA) is 86.8 Å². The number of aryl methyl sites for hydroxylation is 1. The van der Waals surface area contributed by atoms with Gasteiger partial charge in [-0.1, -0.05) is 79.5 Å². The van der Waals surface area contributed by atoms with Gasteiger partial charge in [-0.3, -0.25) is 13.9 Å². The largest absolute Gasteiger partial charge is 0.352 e. The fraction of sp³-hybridized carbons (Fsp3) is 0.333. The molecule has 0 aliphatic rings. The van der Waals surface area contributed by atoms with Crippen LogP contribution in [0.2, 0.25) is 5.02 Å². The monoisotopic (exact) mass is 569 g/mol. The Morgan fingerprint density at radius 2 is 1.51 bits per heavy atom. The summed E-state index contributed by atoms with van der Waals surface area (Å²) in [4.78, 5) is 28.8. The minimum Gasteiger partial charge on any atom is -0.352 e. The summed E-state index contributed by atoms with van der Waals surface area (Å²) in [5.41, 5.74) is 1.93. The molecule has 1 N–H and O–H groups in total. The molecule has 2 atom stereocenters. The van der Waals surface area contributed by atoms with Gasteiger partial charge < -0.3 is 10.2 Å². The van der Waals surface area contributed by atoms with E-state index in [-0.39, 0.29) is 23.4 Å². The zero-order valence-electron chi connectivity index (χ0n) is 22.8. The number of nitrogens with zero attached hydrogens (tertiary/aromatic N) is 2. The smallest absolute Gasteiger partial charge is 0.264 e. The molecule has 208 valence electrons. The molecule has 0 radical (unpaired) electrons. The predicted octanol–water partition coefficient (Wildman–Crippen LogP) is 5.57. The Morgan fingerprint density at radius 3 is 2.10 bits per heavy atom. The Morgan fingerprint density at radius 1 is 0.897 bits per heavy atom. The first kappa shape index (κ1) is 30.2. The van der Waals surface area contributed by atoms with Gasteiger partial charge in [0.25, 0.3) is 10.0 Å². The first-order valence-corrected chi connectivity index (χ1v) is 14.9. The van der Waals surface area contributed by atoms with E-state index in [2.05, 4.69) is 5.32 Å². The highest BCUT2D eigenvalue weighted by atomic mass is 35.5. The van der Waals surface area contributed by atoms with Crippen LogP contribution in [0.1, 0.15) is 44.7 Å². The minimum absolute atomic E-state index is 0.0537. The van der Waals surface area contributed by atoms with Gasteiger partial charge in [0, 0.05) is 17.6 Å². The van der Waals surface area contributed by atoms with E-state index in [0.717, 1.165) is 16.3 Å². The number of sulfonamides is 1. The maximum absolute atomic E-state index is 14.0. The van der Waals surface area contributed by atoms with E-state index in [9.17, 15) is 18.0 Å². The number of nitrogens with one attached hydrogen (secondary N) is 1. The zero-order chi connectivity index (χ0) is 28.6. The number of carbonyl (C=O) groups is 2. The van der Waals surface area contributed by atoms with Crippen LogP contribution in [0.4, 0.5) is 5.69 Å². The third-order valence-corrected chi connectivity index (χ3v) is 8.77. The molecule has 0 unspecified atom stereocenters. The number of amides is 2. The molecule has 3 aromatic rings. The summed E-state index contributed by atoms with van der Waals surface area (Å²) in [6.45, 7) is 7.13. The van der Waals surface area contributed by atoms with Crippen molar-refractivity contribution in [2.45, 2.75) is 64.1 Å². The van der Waals surface area contributed by atoms with Crippen LogP contribution in [0, 0.1) is 6.92 Å². The Hall–Kier alpha value is -3.36. The molecule has 2 amide bonds. The molecule has 0 saturated heterocycles. The summed E-state index contributed by atoms with van der Waals surface area (Å²) in [7, 11) is -4.10. The van der Waals surface area contributed by atoms with E-state index in [1.165, 1.54) is 17.0 Å². The summed E-state index contributed by atoms with van der Waals surface area (Å²) in [6.07, 6.45) is 1.08. The summed E-state index contributed by atoms with van der Waals surface area (Å²) < 4.78 is 28.8. The highest BCUT2D eigenvalue weighted by molar-refractivity contribution is 7.92. The molecule has 0 spiro atoms. The zero-order valence-corrected chi connectivity index (χ0v) is 24.4. The second kappa shape index (κ2) is 13.6.